The minimum absolute atomic E-state index is 0.137. The molecule has 1 N–H and O–H groups in total. The van der Waals surface area contributed by atoms with Gasteiger partial charge in [0.2, 0.25) is 0 Å². The monoisotopic (exact) mass is 315 g/mol. The summed E-state index contributed by atoms with van der Waals surface area (Å²) in [7, 11) is 3.88. The zero-order chi connectivity index (χ0) is 16.2. The van der Waals surface area contributed by atoms with E-state index < -0.39 is 6.10 Å². The second kappa shape index (κ2) is 5.25. The van der Waals surface area contributed by atoms with Gasteiger partial charge in [0.1, 0.15) is 12.2 Å². The third kappa shape index (κ3) is 2.05. The molecule has 1 spiro atoms. The fourth-order valence-electron chi connectivity index (χ4n) is 4.55. The summed E-state index contributed by atoms with van der Waals surface area (Å²) in [6, 6.07) is 4.69. The summed E-state index contributed by atoms with van der Waals surface area (Å²) in [6.07, 6.45) is 6.14. The molecular weight excluding hydrogens is 290 g/mol. The lowest BCUT2D eigenvalue weighted by atomic mass is 9.65. The molecule has 0 saturated carbocycles. The number of allylic oxidation sites excluding steroid dienone is 1. The van der Waals surface area contributed by atoms with E-state index >= 15 is 0 Å². The van der Waals surface area contributed by atoms with Crippen LogP contribution in [0.5, 0.6) is 11.5 Å². The summed E-state index contributed by atoms with van der Waals surface area (Å²) >= 11 is 0. The Morgan fingerprint density at radius 3 is 3.00 bits per heavy atom. The van der Waals surface area contributed by atoms with E-state index in [2.05, 4.69) is 31.0 Å². The molecule has 1 aromatic carbocycles. The zero-order valence-corrected chi connectivity index (χ0v) is 14.1. The van der Waals surface area contributed by atoms with E-state index in [1.165, 1.54) is 11.1 Å². The van der Waals surface area contributed by atoms with E-state index in [0.29, 0.717) is 6.04 Å². The van der Waals surface area contributed by atoms with E-state index in [4.69, 9.17) is 9.47 Å². The maximum atomic E-state index is 10.5. The highest BCUT2D eigenvalue weighted by atomic mass is 16.5. The molecule has 4 heteroatoms. The van der Waals surface area contributed by atoms with Gasteiger partial charge in [0, 0.05) is 17.0 Å². The largest absolute Gasteiger partial charge is 0.493 e. The lowest BCUT2D eigenvalue weighted by Gasteiger charge is -2.42. The minimum Gasteiger partial charge on any atom is -0.493 e. The molecule has 4 rings (SSSR count). The van der Waals surface area contributed by atoms with Crippen LogP contribution in [0, 0.1) is 0 Å². The number of hydrogen-bond donors (Lipinski definition) is 1. The van der Waals surface area contributed by atoms with Gasteiger partial charge < -0.3 is 19.5 Å². The first-order chi connectivity index (χ1) is 11.1. The lowest BCUT2D eigenvalue weighted by Crippen LogP contribution is -2.50. The van der Waals surface area contributed by atoms with Crippen LogP contribution in [0.4, 0.5) is 0 Å². The number of aliphatic hydroxyl groups is 1. The summed E-state index contributed by atoms with van der Waals surface area (Å²) in [5.74, 6) is 1.64. The van der Waals surface area contributed by atoms with Gasteiger partial charge in [-0.2, -0.15) is 0 Å². The highest BCUT2D eigenvalue weighted by molar-refractivity contribution is 5.59. The predicted octanol–water partition coefficient (Wildman–Crippen LogP) is 2.28. The van der Waals surface area contributed by atoms with Crippen LogP contribution in [-0.4, -0.2) is 49.0 Å². The Kier molecular flexibility index (Phi) is 3.43. The van der Waals surface area contributed by atoms with Crippen molar-refractivity contribution in [3.8, 4) is 11.5 Å². The van der Waals surface area contributed by atoms with Gasteiger partial charge in [0.05, 0.1) is 7.11 Å². The molecule has 2 aliphatic heterocycles. The molecule has 3 aliphatic rings. The first-order valence-corrected chi connectivity index (χ1v) is 8.49. The predicted molar refractivity (Wildman–Crippen MR) is 89.3 cm³/mol. The standard InChI is InChI=1S/C19H25NO3/c1-12-11-13-6-7-15(22-3)17-16(13)19(9-10-20(12)2)8-4-5-14(21)18(19)23-17/h4-7,12,14,18,21H,8-11H2,1-3H3/t12?,14-,18-,19+/m0/s1. The number of rotatable bonds is 1. The normalized spacial score (nSPS) is 35.7. The molecule has 1 unspecified atom stereocenters. The van der Waals surface area contributed by atoms with Crippen molar-refractivity contribution in [3.05, 3.63) is 35.4 Å². The molecule has 0 saturated heterocycles. The van der Waals surface area contributed by atoms with E-state index in [9.17, 15) is 5.11 Å². The number of aliphatic hydroxyl groups excluding tert-OH is 1. The molecular formula is C19H25NO3. The van der Waals surface area contributed by atoms with Gasteiger partial charge >= 0.3 is 0 Å². The van der Waals surface area contributed by atoms with Crippen LogP contribution < -0.4 is 9.47 Å². The lowest BCUT2D eigenvalue weighted by molar-refractivity contribution is 0.0167. The van der Waals surface area contributed by atoms with Crippen molar-refractivity contribution in [2.45, 2.75) is 49.9 Å². The third-order valence-corrected chi connectivity index (χ3v) is 6.02. The Morgan fingerprint density at radius 1 is 1.39 bits per heavy atom. The number of likely N-dealkylation sites (N-methyl/N-ethyl adjacent to an activating group) is 1. The Bertz CT molecular complexity index is 656. The van der Waals surface area contributed by atoms with E-state index in [1.807, 2.05) is 12.1 Å². The Balaban J connectivity index is 1.94. The average molecular weight is 315 g/mol. The SMILES string of the molecule is COc1ccc2c3c1O[C@H]1[C@@H](O)C=CC[C@@]31CCN(C)C(C)C2. The van der Waals surface area contributed by atoms with Crippen LogP contribution in [0.3, 0.4) is 0 Å². The average Bonchev–Trinajstić information content (AvgIpc) is 2.89. The number of hydrogen-bond acceptors (Lipinski definition) is 4. The summed E-state index contributed by atoms with van der Waals surface area (Å²) in [5.41, 5.74) is 2.48. The molecule has 0 bridgehead atoms. The third-order valence-electron chi connectivity index (χ3n) is 6.02. The molecule has 4 nitrogen and oxygen atoms in total. The van der Waals surface area contributed by atoms with Crippen LogP contribution in [0.2, 0.25) is 0 Å². The number of methoxy groups -OCH3 is 1. The van der Waals surface area contributed by atoms with Gasteiger partial charge in [-0.1, -0.05) is 18.2 Å². The minimum atomic E-state index is -0.559. The van der Waals surface area contributed by atoms with Crippen molar-refractivity contribution in [2.24, 2.45) is 0 Å². The Hall–Kier alpha value is -1.52. The van der Waals surface area contributed by atoms with Crippen LogP contribution in [0.15, 0.2) is 24.3 Å². The molecule has 1 aliphatic carbocycles. The smallest absolute Gasteiger partial charge is 0.165 e. The van der Waals surface area contributed by atoms with E-state index in [0.717, 1.165) is 37.3 Å². The summed E-state index contributed by atoms with van der Waals surface area (Å²) < 4.78 is 11.8. The fraction of sp³-hybridized carbons (Fsp3) is 0.579. The quantitative estimate of drug-likeness (QED) is 0.808. The molecule has 2 heterocycles. The number of benzene rings is 1. The molecule has 0 amide bonds. The van der Waals surface area contributed by atoms with E-state index in [1.54, 1.807) is 7.11 Å². The summed E-state index contributed by atoms with van der Waals surface area (Å²) in [5, 5.41) is 10.5. The topological polar surface area (TPSA) is 41.9 Å². The maximum absolute atomic E-state index is 10.5. The number of ether oxygens (including phenoxy) is 2. The van der Waals surface area contributed by atoms with Gasteiger partial charge in [-0.3, -0.25) is 0 Å². The fourth-order valence-corrected chi connectivity index (χ4v) is 4.55. The van der Waals surface area contributed by atoms with Gasteiger partial charge in [0.25, 0.3) is 0 Å². The molecule has 0 aromatic heterocycles. The molecule has 1 aromatic rings. The zero-order valence-electron chi connectivity index (χ0n) is 14.1. The van der Waals surface area contributed by atoms with Gasteiger partial charge in [-0.05, 0) is 51.4 Å². The van der Waals surface area contributed by atoms with E-state index in [-0.39, 0.29) is 11.5 Å². The maximum Gasteiger partial charge on any atom is 0.165 e. The van der Waals surface area contributed by atoms with Gasteiger partial charge in [-0.15, -0.1) is 0 Å². The van der Waals surface area contributed by atoms with Crippen LogP contribution >= 0.6 is 0 Å². The highest BCUT2D eigenvalue weighted by Gasteiger charge is 2.54. The van der Waals surface area contributed by atoms with Crippen molar-refractivity contribution < 1.29 is 14.6 Å². The summed E-state index contributed by atoms with van der Waals surface area (Å²) in [6.45, 7) is 3.29. The van der Waals surface area contributed by atoms with Crippen LogP contribution in [-0.2, 0) is 11.8 Å². The van der Waals surface area contributed by atoms with Crippen molar-refractivity contribution in [1.29, 1.82) is 0 Å². The van der Waals surface area contributed by atoms with Crippen molar-refractivity contribution >= 4 is 0 Å². The summed E-state index contributed by atoms with van der Waals surface area (Å²) in [4.78, 5) is 2.42. The van der Waals surface area contributed by atoms with Gasteiger partial charge in [-0.25, -0.2) is 0 Å². The number of nitrogens with zero attached hydrogens (tertiary/aromatic N) is 1. The Labute approximate surface area is 137 Å². The first-order valence-electron chi connectivity index (χ1n) is 8.49. The molecule has 0 radical (unpaired) electrons. The Morgan fingerprint density at radius 2 is 2.22 bits per heavy atom. The second-order valence-corrected chi connectivity index (χ2v) is 7.23. The molecule has 124 valence electrons. The van der Waals surface area contributed by atoms with Crippen molar-refractivity contribution in [2.75, 3.05) is 20.7 Å². The highest BCUT2D eigenvalue weighted by Crippen LogP contribution is 2.56. The van der Waals surface area contributed by atoms with Crippen molar-refractivity contribution in [3.63, 3.8) is 0 Å². The van der Waals surface area contributed by atoms with Crippen LogP contribution in [0.1, 0.15) is 30.9 Å². The molecule has 23 heavy (non-hydrogen) atoms. The van der Waals surface area contributed by atoms with Crippen LogP contribution in [0.25, 0.3) is 0 Å². The second-order valence-electron chi connectivity index (χ2n) is 7.23. The first kappa shape index (κ1) is 15.0. The van der Waals surface area contributed by atoms with Crippen molar-refractivity contribution in [1.82, 2.24) is 4.90 Å². The molecule has 0 fully saturated rings. The molecule has 4 atom stereocenters. The van der Waals surface area contributed by atoms with Gasteiger partial charge in [0.15, 0.2) is 11.5 Å².